The van der Waals surface area contributed by atoms with Crippen LogP contribution in [0.25, 0.3) is 6.08 Å². The molecule has 0 saturated carbocycles. The Balaban J connectivity index is 1.67. The predicted molar refractivity (Wildman–Crippen MR) is 173 cm³/mol. The second-order valence-electron chi connectivity index (χ2n) is 10.8. The summed E-state index contributed by atoms with van der Waals surface area (Å²) in [5, 5.41) is 11.1. The van der Waals surface area contributed by atoms with Crippen molar-refractivity contribution in [2.45, 2.75) is 90.8 Å². The molecule has 0 aliphatic rings. The van der Waals surface area contributed by atoms with Gasteiger partial charge in [0, 0.05) is 36.6 Å². The molecule has 236 valence electrons. The Morgan fingerprint density at radius 3 is 2.14 bits per heavy atom. The summed E-state index contributed by atoms with van der Waals surface area (Å²) in [6.45, 7) is 3.82. The third kappa shape index (κ3) is 12.3. The Hall–Kier alpha value is -4.10. The van der Waals surface area contributed by atoms with Crippen molar-refractivity contribution < 1.29 is 33.6 Å². The highest BCUT2D eigenvalue weighted by Crippen LogP contribution is 2.33. The number of carbonyl (C=O) groups is 2. The molecule has 0 aliphatic heterocycles. The van der Waals surface area contributed by atoms with Crippen LogP contribution in [0, 0.1) is 0 Å². The summed E-state index contributed by atoms with van der Waals surface area (Å²) < 4.78 is 22.3. The van der Waals surface area contributed by atoms with E-state index >= 15 is 0 Å². The molecule has 0 aliphatic carbocycles. The van der Waals surface area contributed by atoms with Gasteiger partial charge in [-0.3, -0.25) is 9.59 Å². The Kier molecular flexibility index (Phi) is 15.0. The van der Waals surface area contributed by atoms with Crippen molar-refractivity contribution in [3.63, 3.8) is 0 Å². The molecule has 44 heavy (non-hydrogen) atoms. The summed E-state index contributed by atoms with van der Waals surface area (Å²) in [4.78, 5) is 24.2. The molecule has 3 aromatic carbocycles. The first-order valence-electron chi connectivity index (χ1n) is 15.6. The van der Waals surface area contributed by atoms with Crippen LogP contribution in [-0.2, 0) is 16.2 Å². The fourth-order valence-electron chi connectivity index (χ4n) is 4.77. The van der Waals surface area contributed by atoms with E-state index in [4.69, 9.17) is 18.9 Å². The number of benzene rings is 3. The van der Waals surface area contributed by atoms with Gasteiger partial charge >= 0.3 is 11.9 Å². The van der Waals surface area contributed by atoms with Crippen LogP contribution in [-0.4, -0.2) is 24.2 Å². The number of hydrogen-bond acceptors (Lipinski definition) is 7. The van der Waals surface area contributed by atoms with Gasteiger partial charge in [-0.1, -0.05) is 101 Å². The molecule has 0 radical (unpaired) electrons. The molecular weight excluding hydrogens is 556 g/mol. The number of rotatable bonds is 19. The molecule has 0 heterocycles. The fraction of sp³-hybridized carbons (Fsp3) is 0.405. The van der Waals surface area contributed by atoms with Gasteiger partial charge in [-0.25, -0.2) is 0 Å². The van der Waals surface area contributed by atoms with Crippen molar-refractivity contribution in [1.82, 2.24) is 0 Å². The number of ether oxygens (including phenoxy) is 4. The van der Waals surface area contributed by atoms with Crippen LogP contribution in [0.4, 0.5) is 0 Å². The second-order valence-corrected chi connectivity index (χ2v) is 10.8. The molecule has 0 spiro atoms. The molecule has 0 saturated heterocycles. The van der Waals surface area contributed by atoms with E-state index in [1.807, 2.05) is 30.3 Å². The Morgan fingerprint density at radius 1 is 0.795 bits per heavy atom. The number of aliphatic hydroxyl groups excluding tert-OH is 1. The summed E-state index contributed by atoms with van der Waals surface area (Å²) in [6, 6.07) is 19.8. The first-order valence-corrected chi connectivity index (χ1v) is 15.6. The van der Waals surface area contributed by atoms with E-state index in [-0.39, 0.29) is 12.6 Å². The van der Waals surface area contributed by atoms with Gasteiger partial charge in [-0.15, -0.1) is 0 Å². The average Bonchev–Trinajstić information content (AvgIpc) is 3.02. The minimum Gasteiger partial charge on any atom is -0.497 e. The van der Waals surface area contributed by atoms with Gasteiger partial charge in [0.2, 0.25) is 0 Å². The highest BCUT2D eigenvalue weighted by Gasteiger charge is 2.16. The molecule has 3 rings (SSSR count). The SMILES string of the molecule is CCCCCCCCCCCC(=O)Oc1ccc(C(O)C=Cc2ccc(OC)cc2OC(C)=O)c(OCc2ccccc2)c1. The summed E-state index contributed by atoms with van der Waals surface area (Å²) in [6.07, 6.45) is 13.1. The van der Waals surface area contributed by atoms with E-state index in [2.05, 4.69) is 6.92 Å². The normalized spacial score (nSPS) is 11.7. The summed E-state index contributed by atoms with van der Waals surface area (Å²) in [7, 11) is 1.53. The third-order valence-electron chi connectivity index (χ3n) is 7.19. The molecule has 0 fully saturated rings. The third-order valence-corrected chi connectivity index (χ3v) is 7.19. The molecule has 0 amide bonds. The standard InChI is InChI=1S/C37H46O7/c1-4-5-6-7-8-9-10-11-15-18-37(40)44-32-22-23-33(36(26-32)42-27-29-16-13-12-14-17-29)34(39)24-20-30-19-21-31(41-3)25-35(30)43-28(2)38/h12-14,16-17,19-26,34,39H,4-11,15,18,27H2,1-3H3. The van der Waals surface area contributed by atoms with Crippen molar-refractivity contribution >= 4 is 18.0 Å². The van der Waals surface area contributed by atoms with E-state index in [1.165, 1.54) is 52.6 Å². The van der Waals surface area contributed by atoms with Crippen molar-refractivity contribution in [3.8, 4) is 23.0 Å². The molecule has 1 N–H and O–H groups in total. The van der Waals surface area contributed by atoms with Gasteiger partial charge in [-0.2, -0.15) is 0 Å². The maximum absolute atomic E-state index is 12.6. The number of esters is 2. The van der Waals surface area contributed by atoms with Gasteiger partial charge in [-0.05, 0) is 36.2 Å². The van der Waals surface area contributed by atoms with Gasteiger partial charge in [0.1, 0.15) is 35.7 Å². The van der Waals surface area contributed by atoms with E-state index < -0.39 is 12.1 Å². The molecule has 7 heteroatoms. The Labute approximate surface area is 261 Å². The zero-order valence-electron chi connectivity index (χ0n) is 26.3. The van der Waals surface area contributed by atoms with E-state index in [0.29, 0.717) is 40.5 Å². The Morgan fingerprint density at radius 2 is 1.45 bits per heavy atom. The van der Waals surface area contributed by atoms with E-state index in [9.17, 15) is 14.7 Å². The zero-order valence-corrected chi connectivity index (χ0v) is 26.3. The van der Waals surface area contributed by atoms with Gasteiger partial charge in [0.25, 0.3) is 0 Å². The lowest BCUT2D eigenvalue weighted by molar-refractivity contribution is -0.134. The number of methoxy groups -OCH3 is 1. The van der Waals surface area contributed by atoms with Crippen LogP contribution in [0.15, 0.2) is 72.8 Å². The van der Waals surface area contributed by atoms with Gasteiger partial charge < -0.3 is 24.1 Å². The summed E-state index contributed by atoms with van der Waals surface area (Å²) in [5.74, 6) is 0.866. The summed E-state index contributed by atoms with van der Waals surface area (Å²) in [5.41, 5.74) is 2.05. The van der Waals surface area contributed by atoms with Gasteiger partial charge in [0.05, 0.1) is 7.11 Å². The quantitative estimate of drug-likeness (QED) is 0.0833. The zero-order chi connectivity index (χ0) is 31.6. The van der Waals surface area contributed by atoms with Crippen molar-refractivity contribution in [2.75, 3.05) is 7.11 Å². The summed E-state index contributed by atoms with van der Waals surface area (Å²) >= 11 is 0. The minimum atomic E-state index is -1.06. The van der Waals surface area contributed by atoms with Crippen molar-refractivity contribution in [1.29, 1.82) is 0 Å². The topological polar surface area (TPSA) is 91.3 Å². The number of aliphatic hydroxyl groups is 1. The Bertz CT molecular complexity index is 1330. The maximum atomic E-state index is 12.6. The van der Waals surface area contributed by atoms with Crippen LogP contribution >= 0.6 is 0 Å². The van der Waals surface area contributed by atoms with E-state index in [1.54, 1.807) is 48.6 Å². The number of carbonyl (C=O) groups excluding carboxylic acids is 2. The smallest absolute Gasteiger partial charge is 0.311 e. The highest BCUT2D eigenvalue weighted by atomic mass is 16.5. The average molecular weight is 603 g/mol. The van der Waals surface area contributed by atoms with Crippen molar-refractivity contribution in [2.24, 2.45) is 0 Å². The first-order chi connectivity index (χ1) is 21.4. The molecule has 0 bridgehead atoms. The van der Waals surface area contributed by atoms with Crippen LogP contribution in [0.3, 0.4) is 0 Å². The fourth-order valence-corrected chi connectivity index (χ4v) is 4.77. The molecule has 3 aromatic rings. The van der Waals surface area contributed by atoms with Crippen LogP contribution in [0.5, 0.6) is 23.0 Å². The minimum absolute atomic E-state index is 0.273. The highest BCUT2D eigenvalue weighted by molar-refractivity contribution is 5.73. The molecule has 1 unspecified atom stereocenters. The number of hydrogen-bond donors (Lipinski definition) is 1. The molecule has 7 nitrogen and oxygen atoms in total. The lowest BCUT2D eigenvalue weighted by Gasteiger charge is -2.16. The first kappa shape index (κ1) is 34.4. The molecule has 0 aromatic heterocycles. The lowest BCUT2D eigenvalue weighted by atomic mass is 10.1. The second kappa shape index (κ2) is 19.2. The molecule has 1 atom stereocenters. The largest absolute Gasteiger partial charge is 0.497 e. The monoisotopic (exact) mass is 602 g/mol. The van der Waals surface area contributed by atoms with Crippen LogP contribution in [0.2, 0.25) is 0 Å². The maximum Gasteiger partial charge on any atom is 0.311 e. The number of unbranched alkanes of at least 4 members (excludes halogenated alkanes) is 8. The van der Waals surface area contributed by atoms with Crippen LogP contribution < -0.4 is 18.9 Å². The van der Waals surface area contributed by atoms with Crippen molar-refractivity contribution in [3.05, 3.63) is 89.5 Å². The van der Waals surface area contributed by atoms with Crippen LogP contribution in [0.1, 0.15) is 101 Å². The van der Waals surface area contributed by atoms with E-state index in [0.717, 1.165) is 24.8 Å². The van der Waals surface area contributed by atoms with Gasteiger partial charge in [0.15, 0.2) is 0 Å². The lowest BCUT2D eigenvalue weighted by Crippen LogP contribution is -2.08. The molecular formula is C37H46O7. The predicted octanol–water partition coefficient (Wildman–Crippen LogP) is 8.77.